The molecule has 0 amide bonds. The highest BCUT2D eigenvalue weighted by molar-refractivity contribution is 5.24. The summed E-state index contributed by atoms with van der Waals surface area (Å²) in [6.07, 6.45) is 1.06. The van der Waals surface area contributed by atoms with Gasteiger partial charge >= 0.3 is 0 Å². The fraction of sp³-hybridized carbons (Fsp3) is 0.667. The lowest BCUT2D eigenvalue weighted by Gasteiger charge is -2.11. The van der Waals surface area contributed by atoms with Gasteiger partial charge in [0.2, 0.25) is 5.88 Å². The first-order valence-electron chi connectivity index (χ1n) is 6.81. The maximum Gasteiger partial charge on any atom is 0.213 e. The number of pyridine rings is 1. The van der Waals surface area contributed by atoms with Crippen LogP contribution < -0.4 is 10.1 Å². The van der Waals surface area contributed by atoms with Gasteiger partial charge in [0.25, 0.3) is 0 Å². The van der Waals surface area contributed by atoms with Gasteiger partial charge in [-0.05, 0) is 30.9 Å². The molecule has 0 aliphatic rings. The Hall–Kier alpha value is -1.09. The molecule has 0 saturated heterocycles. The minimum Gasteiger partial charge on any atom is -0.478 e. The predicted molar refractivity (Wildman–Crippen MR) is 75.9 cm³/mol. The first-order valence-corrected chi connectivity index (χ1v) is 6.81. The van der Waals surface area contributed by atoms with Crippen molar-refractivity contribution >= 4 is 0 Å². The highest BCUT2D eigenvalue weighted by Crippen LogP contribution is 2.13. The van der Waals surface area contributed by atoms with Gasteiger partial charge in [0, 0.05) is 24.3 Å². The molecule has 0 unspecified atom stereocenters. The fourth-order valence-corrected chi connectivity index (χ4v) is 1.60. The van der Waals surface area contributed by atoms with Crippen LogP contribution in [0.5, 0.6) is 5.88 Å². The number of nitrogens with one attached hydrogen (secondary N) is 1. The van der Waals surface area contributed by atoms with Crippen LogP contribution in [0, 0.1) is 12.8 Å². The topological polar surface area (TPSA) is 34.1 Å². The maximum atomic E-state index is 5.71. The predicted octanol–water partition coefficient (Wildman–Crippen LogP) is 3.31. The van der Waals surface area contributed by atoms with Crippen LogP contribution in [0.1, 0.15) is 45.4 Å². The number of hydrogen-bond donors (Lipinski definition) is 1. The summed E-state index contributed by atoms with van der Waals surface area (Å²) in [5.74, 6) is 1.41. The average molecular weight is 250 g/mol. The molecular weight excluding hydrogens is 224 g/mol. The van der Waals surface area contributed by atoms with E-state index in [1.54, 1.807) is 0 Å². The van der Waals surface area contributed by atoms with Crippen LogP contribution in [-0.2, 0) is 6.54 Å². The van der Waals surface area contributed by atoms with E-state index < -0.39 is 0 Å². The van der Waals surface area contributed by atoms with E-state index in [0.717, 1.165) is 31.1 Å². The van der Waals surface area contributed by atoms with Crippen LogP contribution in [0.25, 0.3) is 0 Å². The second-order valence-corrected chi connectivity index (χ2v) is 5.52. The van der Waals surface area contributed by atoms with Gasteiger partial charge in [-0.25, -0.2) is 4.98 Å². The average Bonchev–Trinajstić information content (AvgIpc) is 2.25. The van der Waals surface area contributed by atoms with E-state index in [4.69, 9.17) is 4.74 Å². The van der Waals surface area contributed by atoms with Crippen molar-refractivity contribution in [3.63, 3.8) is 0 Å². The first kappa shape index (κ1) is 15.0. The molecule has 3 nitrogen and oxygen atoms in total. The molecule has 18 heavy (non-hydrogen) atoms. The largest absolute Gasteiger partial charge is 0.478 e. The second-order valence-electron chi connectivity index (χ2n) is 5.52. The second kappa shape index (κ2) is 7.37. The third-order valence-electron chi connectivity index (χ3n) is 2.65. The van der Waals surface area contributed by atoms with E-state index in [1.807, 2.05) is 13.0 Å². The van der Waals surface area contributed by atoms with E-state index in [1.165, 1.54) is 5.56 Å². The van der Waals surface area contributed by atoms with Gasteiger partial charge in [-0.1, -0.05) is 27.7 Å². The van der Waals surface area contributed by atoms with Crippen molar-refractivity contribution in [3.8, 4) is 5.88 Å². The molecule has 1 heterocycles. The minimum atomic E-state index is 0.490. The summed E-state index contributed by atoms with van der Waals surface area (Å²) in [7, 11) is 0. The van der Waals surface area contributed by atoms with Crippen LogP contribution in [0.3, 0.4) is 0 Å². The zero-order valence-corrected chi connectivity index (χ0v) is 12.3. The molecule has 1 N–H and O–H groups in total. The van der Waals surface area contributed by atoms with Crippen LogP contribution in [-0.4, -0.2) is 17.6 Å². The molecule has 0 aliphatic heterocycles. The number of rotatable bonds is 7. The molecule has 0 spiro atoms. The Morgan fingerprint density at radius 2 is 1.94 bits per heavy atom. The first-order chi connectivity index (χ1) is 8.47. The Balaban J connectivity index is 2.57. The molecule has 1 rings (SSSR count). The molecule has 0 aromatic carbocycles. The molecule has 102 valence electrons. The standard InChI is InChI=1S/C15H26N2O/c1-11(2)6-7-18-15-9-14(8-13(5)17-15)10-16-12(3)4/h8-9,11-12,16H,6-7,10H2,1-5H3. The SMILES string of the molecule is Cc1cc(CNC(C)C)cc(OCCC(C)C)n1. The number of nitrogens with zero attached hydrogens (tertiary/aromatic N) is 1. The Labute approximate surface area is 111 Å². The quantitative estimate of drug-likeness (QED) is 0.806. The minimum absolute atomic E-state index is 0.490. The lowest BCUT2D eigenvalue weighted by molar-refractivity contribution is 0.278. The van der Waals surface area contributed by atoms with Crippen molar-refractivity contribution in [2.75, 3.05) is 6.61 Å². The van der Waals surface area contributed by atoms with Crippen LogP contribution >= 0.6 is 0 Å². The lowest BCUT2D eigenvalue weighted by atomic mass is 10.1. The Kier molecular flexibility index (Phi) is 6.13. The summed E-state index contributed by atoms with van der Waals surface area (Å²) in [6, 6.07) is 4.62. The van der Waals surface area contributed by atoms with Crippen molar-refractivity contribution in [2.24, 2.45) is 5.92 Å². The third-order valence-corrected chi connectivity index (χ3v) is 2.65. The Morgan fingerprint density at radius 3 is 2.56 bits per heavy atom. The van der Waals surface area contributed by atoms with Gasteiger partial charge in [-0.2, -0.15) is 0 Å². The van der Waals surface area contributed by atoms with Crippen molar-refractivity contribution in [1.29, 1.82) is 0 Å². The van der Waals surface area contributed by atoms with Gasteiger partial charge < -0.3 is 10.1 Å². The highest BCUT2D eigenvalue weighted by Gasteiger charge is 2.03. The van der Waals surface area contributed by atoms with Crippen LogP contribution in [0.2, 0.25) is 0 Å². The van der Waals surface area contributed by atoms with Gasteiger partial charge in [0.1, 0.15) is 0 Å². The van der Waals surface area contributed by atoms with Crippen molar-refractivity contribution in [2.45, 2.75) is 53.6 Å². The smallest absolute Gasteiger partial charge is 0.213 e. The third kappa shape index (κ3) is 6.01. The molecular formula is C15H26N2O. The summed E-state index contributed by atoms with van der Waals surface area (Å²) in [5.41, 5.74) is 2.24. The lowest BCUT2D eigenvalue weighted by Crippen LogP contribution is -2.22. The molecule has 0 radical (unpaired) electrons. The summed E-state index contributed by atoms with van der Waals surface area (Å²) < 4.78 is 5.71. The molecule has 0 fully saturated rings. The molecule has 1 aromatic rings. The van der Waals surface area contributed by atoms with Gasteiger partial charge in [-0.3, -0.25) is 0 Å². The number of aromatic nitrogens is 1. The Morgan fingerprint density at radius 1 is 1.22 bits per heavy atom. The maximum absolute atomic E-state index is 5.71. The van der Waals surface area contributed by atoms with Gasteiger partial charge in [0.15, 0.2) is 0 Å². The van der Waals surface area contributed by atoms with E-state index in [0.29, 0.717) is 12.0 Å². The summed E-state index contributed by atoms with van der Waals surface area (Å²) >= 11 is 0. The van der Waals surface area contributed by atoms with E-state index in [2.05, 4.69) is 44.1 Å². The van der Waals surface area contributed by atoms with E-state index in [9.17, 15) is 0 Å². The Bertz CT molecular complexity index is 362. The fourth-order valence-electron chi connectivity index (χ4n) is 1.60. The summed E-state index contributed by atoms with van der Waals surface area (Å²) in [4.78, 5) is 4.41. The normalized spacial score (nSPS) is 11.3. The van der Waals surface area contributed by atoms with Gasteiger partial charge in [0.05, 0.1) is 6.61 Å². The molecule has 3 heteroatoms. The number of hydrogen-bond acceptors (Lipinski definition) is 3. The molecule has 0 aliphatic carbocycles. The molecule has 0 saturated carbocycles. The van der Waals surface area contributed by atoms with E-state index in [-0.39, 0.29) is 0 Å². The zero-order chi connectivity index (χ0) is 13.5. The van der Waals surface area contributed by atoms with Crippen molar-refractivity contribution in [3.05, 3.63) is 23.4 Å². The summed E-state index contributed by atoms with van der Waals surface area (Å²) in [6.45, 7) is 12.3. The van der Waals surface area contributed by atoms with Crippen LogP contribution in [0.15, 0.2) is 12.1 Å². The molecule has 1 aromatic heterocycles. The highest BCUT2D eigenvalue weighted by atomic mass is 16.5. The monoisotopic (exact) mass is 250 g/mol. The number of aryl methyl sites for hydroxylation is 1. The van der Waals surface area contributed by atoms with Crippen molar-refractivity contribution in [1.82, 2.24) is 10.3 Å². The van der Waals surface area contributed by atoms with E-state index >= 15 is 0 Å². The molecule has 0 bridgehead atoms. The summed E-state index contributed by atoms with van der Waals surface area (Å²) in [5, 5.41) is 3.41. The van der Waals surface area contributed by atoms with Crippen LogP contribution in [0.4, 0.5) is 0 Å². The number of ether oxygens (including phenoxy) is 1. The van der Waals surface area contributed by atoms with Crippen molar-refractivity contribution < 1.29 is 4.74 Å². The van der Waals surface area contributed by atoms with Gasteiger partial charge in [-0.15, -0.1) is 0 Å². The zero-order valence-electron chi connectivity index (χ0n) is 12.3. The molecule has 0 atom stereocenters.